The molecule has 1 aromatic rings. The second kappa shape index (κ2) is 4.27. The van der Waals surface area contributed by atoms with E-state index in [1.54, 1.807) is 0 Å². The van der Waals surface area contributed by atoms with E-state index in [9.17, 15) is 17.9 Å². The molecule has 0 radical (unpaired) electrons. The van der Waals surface area contributed by atoms with Gasteiger partial charge in [-0.05, 0) is 19.0 Å². The average Bonchev–Trinajstić information content (AvgIpc) is 2.73. The zero-order valence-electron chi connectivity index (χ0n) is 9.40. The van der Waals surface area contributed by atoms with E-state index in [1.807, 2.05) is 0 Å². The van der Waals surface area contributed by atoms with E-state index >= 15 is 0 Å². The molecule has 1 atom stereocenters. The van der Waals surface area contributed by atoms with Crippen LogP contribution in [-0.2, 0) is 9.84 Å². The van der Waals surface area contributed by atoms with Gasteiger partial charge in [0.15, 0.2) is 21.4 Å². The molecular weight excluding hydrogens is 245 g/mol. The van der Waals surface area contributed by atoms with Crippen LogP contribution in [0.3, 0.4) is 0 Å². The van der Waals surface area contributed by atoms with Crippen LogP contribution in [-0.4, -0.2) is 32.9 Å². The minimum absolute atomic E-state index is 0.0399. The van der Waals surface area contributed by atoms with Crippen LogP contribution in [0, 0.1) is 5.82 Å². The van der Waals surface area contributed by atoms with Crippen molar-refractivity contribution in [1.82, 2.24) is 5.32 Å². The lowest BCUT2D eigenvalue weighted by Crippen LogP contribution is -2.09. The van der Waals surface area contributed by atoms with Gasteiger partial charge in [-0.1, -0.05) is 6.07 Å². The molecule has 0 aliphatic carbocycles. The quantitative estimate of drug-likeness (QED) is 0.832. The molecule has 1 aromatic carbocycles. The van der Waals surface area contributed by atoms with E-state index in [1.165, 1.54) is 12.1 Å². The fourth-order valence-corrected chi connectivity index (χ4v) is 2.83. The van der Waals surface area contributed by atoms with Crippen LogP contribution < -0.4 is 5.32 Å². The van der Waals surface area contributed by atoms with Gasteiger partial charge in [0.25, 0.3) is 0 Å². The SMILES string of the molecule is CS(=O)(=O)c1ccc(C2CCNC2)c(O)c1F. The van der Waals surface area contributed by atoms with Crippen molar-refractivity contribution in [3.63, 3.8) is 0 Å². The first-order valence-electron chi connectivity index (χ1n) is 5.33. The maximum absolute atomic E-state index is 13.8. The lowest BCUT2D eigenvalue weighted by Gasteiger charge is -2.13. The normalized spacial score (nSPS) is 20.7. The lowest BCUT2D eigenvalue weighted by atomic mass is 9.97. The summed E-state index contributed by atoms with van der Waals surface area (Å²) in [7, 11) is -3.65. The summed E-state index contributed by atoms with van der Waals surface area (Å²) in [5, 5.41) is 12.8. The first kappa shape index (κ1) is 12.3. The van der Waals surface area contributed by atoms with Crippen LogP contribution in [0.5, 0.6) is 5.75 Å². The van der Waals surface area contributed by atoms with Gasteiger partial charge in [-0.3, -0.25) is 0 Å². The van der Waals surface area contributed by atoms with Gasteiger partial charge in [0.1, 0.15) is 4.90 Å². The number of hydrogen-bond acceptors (Lipinski definition) is 4. The summed E-state index contributed by atoms with van der Waals surface area (Å²) in [4.78, 5) is -0.454. The van der Waals surface area contributed by atoms with Crippen molar-refractivity contribution in [1.29, 1.82) is 0 Å². The van der Waals surface area contributed by atoms with E-state index in [0.29, 0.717) is 12.1 Å². The van der Waals surface area contributed by atoms with E-state index in [4.69, 9.17) is 0 Å². The number of sulfone groups is 1. The summed E-state index contributed by atoms with van der Waals surface area (Å²) in [6.07, 6.45) is 1.73. The minimum atomic E-state index is -3.65. The molecule has 94 valence electrons. The highest BCUT2D eigenvalue weighted by atomic mass is 32.2. The van der Waals surface area contributed by atoms with Gasteiger partial charge < -0.3 is 10.4 Å². The molecule has 2 rings (SSSR count). The fourth-order valence-electron chi connectivity index (χ4n) is 2.10. The number of phenols is 1. The Labute approximate surface area is 99.4 Å². The van der Waals surface area contributed by atoms with Crippen LogP contribution in [0.4, 0.5) is 4.39 Å². The molecule has 1 aliphatic heterocycles. The smallest absolute Gasteiger partial charge is 0.183 e. The molecule has 0 bridgehead atoms. The van der Waals surface area contributed by atoms with Crippen molar-refractivity contribution >= 4 is 9.84 Å². The predicted octanol–water partition coefficient (Wildman–Crippen LogP) is 1.01. The van der Waals surface area contributed by atoms with Crippen molar-refractivity contribution in [3.05, 3.63) is 23.5 Å². The van der Waals surface area contributed by atoms with Crippen molar-refractivity contribution in [2.45, 2.75) is 17.2 Å². The molecule has 1 unspecified atom stereocenters. The van der Waals surface area contributed by atoms with E-state index in [0.717, 1.165) is 19.2 Å². The first-order chi connectivity index (χ1) is 7.91. The van der Waals surface area contributed by atoms with Crippen LogP contribution in [0.15, 0.2) is 17.0 Å². The number of aromatic hydroxyl groups is 1. The Balaban J connectivity index is 2.49. The van der Waals surface area contributed by atoms with Gasteiger partial charge in [0, 0.05) is 24.3 Å². The summed E-state index contributed by atoms with van der Waals surface area (Å²) in [6.45, 7) is 1.49. The number of halogens is 1. The van der Waals surface area contributed by atoms with Crippen molar-refractivity contribution < 1.29 is 17.9 Å². The molecule has 1 fully saturated rings. The van der Waals surface area contributed by atoms with Crippen LogP contribution in [0.1, 0.15) is 17.9 Å². The number of hydrogen-bond donors (Lipinski definition) is 2. The molecule has 17 heavy (non-hydrogen) atoms. The Morgan fingerprint density at radius 1 is 1.47 bits per heavy atom. The van der Waals surface area contributed by atoms with Crippen molar-refractivity contribution in [2.24, 2.45) is 0 Å². The van der Waals surface area contributed by atoms with E-state index in [2.05, 4.69) is 5.32 Å². The Hall–Kier alpha value is -1.14. The molecule has 0 saturated carbocycles. The van der Waals surface area contributed by atoms with Crippen LogP contribution >= 0.6 is 0 Å². The summed E-state index contributed by atoms with van der Waals surface area (Å²) in [5.74, 6) is -1.54. The molecule has 1 heterocycles. The lowest BCUT2D eigenvalue weighted by molar-refractivity contribution is 0.412. The van der Waals surface area contributed by atoms with Crippen molar-refractivity contribution in [3.8, 4) is 5.75 Å². The fraction of sp³-hybridized carbons (Fsp3) is 0.455. The Bertz CT molecular complexity index is 536. The van der Waals surface area contributed by atoms with Gasteiger partial charge in [-0.2, -0.15) is 0 Å². The summed E-state index contributed by atoms with van der Waals surface area (Å²) in [6, 6.07) is 2.71. The van der Waals surface area contributed by atoms with Gasteiger partial charge in [-0.15, -0.1) is 0 Å². The van der Waals surface area contributed by atoms with Gasteiger partial charge >= 0.3 is 0 Å². The molecular formula is C11H14FNO3S. The Morgan fingerprint density at radius 3 is 2.71 bits per heavy atom. The number of benzene rings is 1. The second-order valence-electron chi connectivity index (χ2n) is 4.28. The van der Waals surface area contributed by atoms with Gasteiger partial charge in [0.2, 0.25) is 0 Å². The summed E-state index contributed by atoms with van der Waals surface area (Å²) >= 11 is 0. The van der Waals surface area contributed by atoms with E-state index < -0.39 is 26.3 Å². The monoisotopic (exact) mass is 259 g/mol. The largest absolute Gasteiger partial charge is 0.505 e. The number of nitrogens with one attached hydrogen (secondary N) is 1. The molecule has 1 saturated heterocycles. The maximum atomic E-state index is 13.8. The molecule has 1 aliphatic rings. The third-order valence-corrected chi connectivity index (χ3v) is 4.13. The number of rotatable bonds is 2. The Kier molecular flexibility index (Phi) is 3.09. The molecule has 0 aromatic heterocycles. The summed E-state index contributed by atoms with van der Waals surface area (Å²) < 4.78 is 36.3. The molecule has 6 heteroatoms. The topological polar surface area (TPSA) is 66.4 Å². The van der Waals surface area contributed by atoms with Gasteiger partial charge in [0.05, 0.1) is 0 Å². The minimum Gasteiger partial charge on any atom is -0.505 e. The zero-order chi connectivity index (χ0) is 12.6. The third kappa shape index (κ3) is 2.28. The molecule has 0 spiro atoms. The first-order valence-corrected chi connectivity index (χ1v) is 7.22. The molecule has 0 amide bonds. The highest BCUT2D eigenvalue weighted by Crippen LogP contribution is 2.34. The molecule has 4 nitrogen and oxygen atoms in total. The maximum Gasteiger partial charge on any atom is 0.183 e. The van der Waals surface area contributed by atoms with Crippen LogP contribution in [0.25, 0.3) is 0 Å². The van der Waals surface area contributed by atoms with Crippen LogP contribution in [0.2, 0.25) is 0 Å². The zero-order valence-corrected chi connectivity index (χ0v) is 10.2. The van der Waals surface area contributed by atoms with Gasteiger partial charge in [-0.25, -0.2) is 12.8 Å². The number of phenolic OH excluding ortho intramolecular Hbond substituents is 1. The predicted molar refractivity (Wildman–Crippen MR) is 61.4 cm³/mol. The van der Waals surface area contributed by atoms with Crippen molar-refractivity contribution in [2.75, 3.05) is 19.3 Å². The summed E-state index contributed by atoms with van der Waals surface area (Å²) in [5.41, 5.74) is 0.472. The highest BCUT2D eigenvalue weighted by Gasteiger charge is 2.25. The highest BCUT2D eigenvalue weighted by molar-refractivity contribution is 7.90. The third-order valence-electron chi connectivity index (χ3n) is 3.01. The second-order valence-corrected chi connectivity index (χ2v) is 6.26. The average molecular weight is 259 g/mol. The van der Waals surface area contributed by atoms with E-state index in [-0.39, 0.29) is 5.92 Å². The Morgan fingerprint density at radius 2 is 2.18 bits per heavy atom. The standard InChI is InChI=1S/C11H14FNO3S/c1-17(15,16)9-3-2-8(11(14)10(9)12)7-4-5-13-6-7/h2-3,7,13-14H,4-6H2,1H3. The molecule has 2 N–H and O–H groups in total.